The van der Waals surface area contributed by atoms with E-state index in [-0.39, 0.29) is 5.91 Å². The van der Waals surface area contributed by atoms with Gasteiger partial charge >= 0.3 is 0 Å². The van der Waals surface area contributed by atoms with Gasteiger partial charge in [-0.1, -0.05) is 48.0 Å². The van der Waals surface area contributed by atoms with Crippen molar-refractivity contribution in [2.75, 3.05) is 32.8 Å². The van der Waals surface area contributed by atoms with Crippen molar-refractivity contribution in [2.45, 2.75) is 26.8 Å². The van der Waals surface area contributed by atoms with Gasteiger partial charge in [-0.2, -0.15) is 4.98 Å². The first-order chi connectivity index (χ1) is 15.1. The molecule has 162 valence electrons. The summed E-state index contributed by atoms with van der Waals surface area (Å²) in [6, 6.07) is 15.5. The van der Waals surface area contributed by atoms with Gasteiger partial charge in [0.2, 0.25) is 11.7 Å². The molecular weight excluding hydrogens is 392 g/mol. The standard InChI is InChI=1S/C24H28N4O3/c1-3-15-30-21-6-4-5-20(16-21)24(29)28-13-11-27(12-14-28)17-22-25-23(26-31-22)19-9-7-18(2)8-10-19/h4-10,16H,3,11-15,17H2,1-2H3. The van der Waals surface area contributed by atoms with Crippen LogP contribution in [0, 0.1) is 6.92 Å². The van der Waals surface area contributed by atoms with Crippen molar-refractivity contribution >= 4 is 5.91 Å². The Morgan fingerprint density at radius 3 is 2.61 bits per heavy atom. The van der Waals surface area contributed by atoms with Crippen molar-refractivity contribution in [3.05, 3.63) is 65.5 Å². The normalized spacial score (nSPS) is 14.6. The minimum absolute atomic E-state index is 0.0426. The molecule has 31 heavy (non-hydrogen) atoms. The SMILES string of the molecule is CCCOc1cccc(C(=O)N2CCN(Cc3nc(-c4ccc(C)cc4)no3)CC2)c1. The summed E-state index contributed by atoms with van der Waals surface area (Å²) in [4.78, 5) is 21.5. The van der Waals surface area contributed by atoms with E-state index in [1.54, 1.807) is 0 Å². The molecule has 0 saturated carbocycles. The Morgan fingerprint density at radius 2 is 1.87 bits per heavy atom. The lowest BCUT2D eigenvalue weighted by Gasteiger charge is -2.34. The molecule has 3 aromatic rings. The van der Waals surface area contributed by atoms with Gasteiger partial charge in [0.1, 0.15) is 5.75 Å². The van der Waals surface area contributed by atoms with Gasteiger partial charge in [-0.3, -0.25) is 9.69 Å². The van der Waals surface area contributed by atoms with Gasteiger partial charge in [-0.05, 0) is 31.5 Å². The third kappa shape index (κ3) is 5.30. The summed E-state index contributed by atoms with van der Waals surface area (Å²) in [5, 5.41) is 4.10. The number of carbonyl (C=O) groups excluding carboxylic acids is 1. The quantitative estimate of drug-likeness (QED) is 0.579. The average molecular weight is 421 g/mol. The number of nitrogens with zero attached hydrogens (tertiary/aromatic N) is 4. The van der Waals surface area contributed by atoms with E-state index in [2.05, 4.69) is 22.0 Å². The molecule has 0 spiro atoms. The number of ether oxygens (including phenoxy) is 1. The summed E-state index contributed by atoms with van der Waals surface area (Å²) < 4.78 is 11.1. The molecule has 7 nitrogen and oxygen atoms in total. The third-order valence-corrected chi connectivity index (χ3v) is 5.35. The Kier molecular flexibility index (Phi) is 6.62. The molecule has 1 aliphatic rings. The fraction of sp³-hybridized carbons (Fsp3) is 0.375. The minimum Gasteiger partial charge on any atom is -0.494 e. The number of carbonyl (C=O) groups is 1. The largest absolute Gasteiger partial charge is 0.494 e. The lowest BCUT2D eigenvalue weighted by molar-refractivity contribution is 0.0614. The molecule has 0 N–H and O–H groups in total. The fourth-order valence-electron chi connectivity index (χ4n) is 3.56. The van der Waals surface area contributed by atoms with Crippen LogP contribution in [-0.4, -0.2) is 58.6 Å². The predicted molar refractivity (Wildman–Crippen MR) is 118 cm³/mol. The summed E-state index contributed by atoms with van der Waals surface area (Å²) in [7, 11) is 0. The Labute approximate surface area is 182 Å². The number of piperazine rings is 1. The van der Waals surface area contributed by atoms with Crippen LogP contribution in [-0.2, 0) is 6.54 Å². The number of hydrogen-bond acceptors (Lipinski definition) is 6. The van der Waals surface area contributed by atoms with E-state index in [0.717, 1.165) is 30.8 Å². The van der Waals surface area contributed by atoms with Crippen LogP contribution in [0.4, 0.5) is 0 Å². The second kappa shape index (κ2) is 9.75. The number of aromatic nitrogens is 2. The molecule has 7 heteroatoms. The number of amides is 1. The van der Waals surface area contributed by atoms with Gasteiger partial charge in [0.25, 0.3) is 5.91 Å². The van der Waals surface area contributed by atoms with Crippen LogP contribution in [0.2, 0.25) is 0 Å². The van der Waals surface area contributed by atoms with E-state index in [1.165, 1.54) is 5.56 Å². The van der Waals surface area contributed by atoms with Crippen LogP contribution in [0.25, 0.3) is 11.4 Å². The molecule has 2 aromatic carbocycles. The van der Waals surface area contributed by atoms with Crippen LogP contribution in [0.15, 0.2) is 53.1 Å². The lowest BCUT2D eigenvalue weighted by Crippen LogP contribution is -2.48. The van der Waals surface area contributed by atoms with Gasteiger partial charge in [0, 0.05) is 37.3 Å². The monoisotopic (exact) mass is 420 g/mol. The smallest absolute Gasteiger partial charge is 0.254 e. The van der Waals surface area contributed by atoms with Crippen LogP contribution in [0.3, 0.4) is 0 Å². The first-order valence-corrected chi connectivity index (χ1v) is 10.8. The molecule has 0 aliphatic carbocycles. The Bertz CT molecular complexity index is 1010. The maximum absolute atomic E-state index is 12.9. The van der Waals surface area contributed by atoms with Gasteiger partial charge < -0.3 is 14.2 Å². The van der Waals surface area contributed by atoms with Crippen LogP contribution < -0.4 is 4.74 Å². The molecular formula is C24H28N4O3. The van der Waals surface area contributed by atoms with Crippen molar-refractivity contribution in [3.8, 4) is 17.1 Å². The molecule has 1 aliphatic heterocycles. The molecule has 2 heterocycles. The predicted octanol–water partition coefficient (Wildman–Crippen LogP) is 3.79. The van der Waals surface area contributed by atoms with E-state index in [1.807, 2.05) is 60.4 Å². The molecule has 1 amide bonds. The summed E-state index contributed by atoms with van der Waals surface area (Å²) in [6.45, 7) is 8.20. The summed E-state index contributed by atoms with van der Waals surface area (Å²) >= 11 is 0. The van der Waals surface area contributed by atoms with Gasteiger partial charge in [0.15, 0.2) is 0 Å². The summed E-state index contributed by atoms with van der Waals surface area (Å²) in [5.74, 6) is 1.98. The molecule has 1 aromatic heterocycles. The van der Waals surface area contributed by atoms with Crippen molar-refractivity contribution in [1.82, 2.24) is 19.9 Å². The van der Waals surface area contributed by atoms with E-state index < -0.39 is 0 Å². The topological polar surface area (TPSA) is 71.7 Å². The maximum Gasteiger partial charge on any atom is 0.254 e. The van der Waals surface area contributed by atoms with Crippen molar-refractivity contribution in [1.29, 1.82) is 0 Å². The van der Waals surface area contributed by atoms with Gasteiger partial charge in [0.05, 0.1) is 13.2 Å². The summed E-state index contributed by atoms with van der Waals surface area (Å²) in [5.41, 5.74) is 2.81. The molecule has 4 rings (SSSR count). The van der Waals surface area contributed by atoms with Gasteiger partial charge in [-0.15, -0.1) is 0 Å². The second-order valence-electron chi connectivity index (χ2n) is 7.82. The second-order valence-corrected chi connectivity index (χ2v) is 7.82. The first kappa shape index (κ1) is 21.1. The van der Waals surface area contributed by atoms with Gasteiger partial charge in [-0.25, -0.2) is 0 Å². The summed E-state index contributed by atoms with van der Waals surface area (Å²) in [6.07, 6.45) is 0.937. The Balaban J connectivity index is 1.31. The molecule has 0 bridgehead atoms. The van der Waals surface area contributed by atoms with E-state index >= 15 is 0 Å². The van der Waals surface area contributed by atoms with E-state index in [0.29, 0.717) is 43.5 Å². The van der Waals surface area contributed by atoms with Crippen LogP contribution in [0.5, 0.6) is 5.75 Å². The number of benzene rings is 2. The lowest BCUT2D eigenvalue weighted by atomic mass is 10.1. The average Bonchev–Trinajstić information content (AvgIpc) is 3.27. The number of rotatable bonds is 7. The van der Waals surface area contributed by atoms with Crippen LogP contribution in [0.1, 0.15) is 35.2 Å². The maximum atomic E-state index is 12.9. The zero-order valence-corrected chi connectivity index (χ0v) is 18.1. The molecule has 1 fully saturated rings. The molecule has 1 saturated heterocycles. The van der Waals surface area contributed by atoms with Crippen molar-refractivity contribution in [3.63, 3.8) is 0 Å². The molecule has 0 atom stereocenters. The highest BCUT2D eigenvalue weighted by Gasteiger charge is 2.23. The number of aryl methyl sites for hydroxylation is 1. The van der Waals surface area contributed by atoms with E-state index in [4.69, 9.17) is 9.26 Å². The zero-order valence-electron chi connectivity index (χ0n) is 18.1. The highest BCUT2D eigenvalue weighted by molar-refractivity contribution is 5.94. The Morgan fingerprint density at radius 1 is 1.10 bits per heavy atom. The highest BCUT2D eigenvalue weighted by Crippen LogP contribution is 2.19. The molecule has 0 radical (unpaired) electrons. The zero-order chi connectivity index (χ0) is 21.6. The third-order valence-electron chi connectivity index (χ3n) is 5.35. The van der Waals surface area contributed by atoms with Crippen LogP contribution >= 0.6 is 0 Å². The number of hydrogen-bond donors (Lipinski definition) is 0. The first-order valence-electron chi connectivity index (χ1n) is 10.8. The van der Waals surface area contributed by atoms with Crippen molar-refractivity contribution in [2.24, 2.45) is 0 Å². The minimum atomic E-state index is 0.0426. The Hall–Kier alpha value is -3.19. The highest BCUT2D eigenvalue weighted by atomic mass is 16.5. The molecule has 0 unspecified atom stereocenters. The van der Waals surface area contributed by atoms with Crippen molar-refractivity contribution < 1.29 is 14.1 Å². The fourth-order valence-corrected chi connectivity index (χ4v) is 3.56. The van der Waals surface area contributed by atoms with E-state index in [9.17, 15) is 4.79 Å².